The van der Waals surface area contributed by atoms with Crippen molar-refractivity contribution in [2.75, 3.05) is 6.54 Å². The molecule has 0 aliphatic carbocycles. The van der Waals surface area contributed by atoms with Gasteiger partial charge in [0.05, 0.1) is 6.61 Å². The summed E-state index contributed by atoms with van der Waals surface area (Å²) < 4.78 is 0. The molecule has 0 atom stereocenters. The minimum absolute atomic E-state index is 0.0294. The zero-order valence-corrected chi connectivity index (χ0v) is 11.8. The minimum Gasteiger partial charge on any atom is -0.392 e. The van der Waals surface area contributed by atoms with Crippen molar-refractivity contribution in [3.63, 3.8) is 0 Å². The monoisotopic (exact) mass is 288 g/mol. The van der Waals surface area contributed by atoms with E-state index in [4.69, 9.17) is 5.11 Å². The van der Waals surface area contributed by atoms with E-state index in [1.54, 1.807) is 18.5 Å². The molecule has 0 saturated carbocycles. The third-order valence-electron chi connectivity index (χ3n) is 2.69. The van der Waals surface area contributed by atoms with Gasteiger partial charge < -0.3 is 10.4 Å². The van der Waals surface area contributed by atoms with Gasteiger partial charge in [-0.3, -0.25) is 9.78 Å². The van der Waals surface area contributed by atoms with E-state index >= 15 is 0 Å². The number of aromatic nitrogens is 1. The lowest BCUT2D eigenvalue weighted by Crippen LogP contribution is -2.23. The highest BCUT2D eigenvalue weighted by Crippen LogP contribution is 2.15. The number of carbonyl (C=O) groups is 1. The minimum atomic E-state index is -0.118. The van der Waals surface area contributed by atoms with E-state index in [-0.39, 0.29) is 12.5 Å². The fraction of sp³-hybridized carbons (Fsp3) is 0.200. The maximum Gasteiger partial charge on any atom is 0.244 e. The van der Waals surface area contributed by atoms with Crippen molar-refractivity contribution in [2.45, 2.75) is 13.0 Å². The molecule has 2 N–H and O–H groups in total. The van der Waals surface area contributed by atoms with Gasteiger partial charge in [-0.05, 0) is 41.1 Å². The van der Waals surface area contributed by atoms with Gasteiger partial charge in [0, 0.05) is 29.9 Å². The SMILES string of the molecule is O=C(/C=C/c1cc(CO)cs1)NCCc1cccnc1. The van der Waals surface area contributed by atoms with Crippen LogP contribution in [0, 0.1) is 0 Å². The van der Waals surface area contributed by atoms with Crippen molar-refractivity contribution in [3.8, 4) is 0 Å². The number of amides is 1. The van der Waals surface area contributed by atoms with E-state index in [1.807, 2.05) is 23.6 Å². The molecule has 0 bridgehead atoms. The average Bonchev–Trinajstić information content (AvgIpc) is 2.94. The van der Waals surface area contributed by atoms with Crippen molar-refractivity contribution < 1.29 is 9.90 Å². The molecule has 0 spiro atoms. The molecule has 0 unspecified atom stereocenters. The summed E-state index contributed by atoms with van der Waals surface area (Å²) in [5.74, 6) is -0.118. The molecule has 0 saturated heterocycles. The Kier molecular flexibility index (Phi) is 5.46. The first-order valence-corrected chi connectivity index (χ1v) is 7.19. The quantitative estimate of drug-likeness (QED) is 0.799. The van der Waals surface area contributed by atoms with E-state index in [0.717, 1.165) is 22.4 Å². The summed E-state index contributed by atoms with van der Waals surface area (Å²) in [6.45, 7) is 0.614. The topological polar surface area (TPSA) is 62.2 Å². The Hall–Kier alpha value is -1.98. The highest BCUT2D eigenvalue weighted by atomic mass is 32.1. The maximum absolute atomic E-state index is 11.6. The summed E-state index contributed by atoms with van der Waals surface area (Å²) in [7, 11) is 0. The lowest BCUT2D eigenvalue weighted by Gasteiger charge is -2.01. The molecule has 20 heavy (non-hydrogen) atoms. The van der Waals surface area contributed by atoms with Crippen molar-refractivity contribution in [1.29, 1.82) is 0 Å². The third kappa shape index (κ3) is 4.60. The zero-order valence-electron chi connectivity index (χ0n) is 11.0. The Morgan fingerprint density at radius 2 is 2.35 bits per heavy atom. The predicted octanol–water partition coefficient (Wildman–Crippen LogP) is 2.01. The van der Waals surface area contributed by atoms with Crippen LogP contribution < -0.4 is 5.32 Å². The van der Waals surface area contributed by atoms with E-state index in [9.17, 15) is 4.79 Å². The molecule has 2 aromatic heterocycles. The fourth-order valence-electron chi connectivity index (χ4n) is 1.66. The van der Waals surface area contributed by atoms with Gasteiger partial charge in [-0.15, -0.1) is 11.3 Å². The van der Waals surface area contributed by atoms with Gasteiger partial charge in [-0.1, -0.05) is 6.07 Å². The largest absolute Gasteiger partial charge is 0.392 e. The predicted molar refractivity (Wildman–Crippen MR) is 80.2 cm³/mol. The van der Waals surface area contributed by atoms with Gasteiger partial charge in [0.25, 0.3) is 0 Å². The molecule has 0 aliphatic rings. The first kappa shape index (κ1) is 14.4. The van der Waals surface area contributed by atoms with Crippen molar-refractivity contribution in [3.05, 3.63) is 58.1 Å². The number of thiophene rings is 1. The normalized spacial score (nSPS) is 10.8. The lowest BCUT2D eigenvalue weighted by molar-refractivity contribution is -0.116. The highest BCUT2D eigenvalue weighted by molar-refractivity contribution is 7.11. The first-order chi connectivity index (χ1) is 9.78. The second-order valence-corrected chi connectivity index (χ2v) is 5.19. The van der Waals surface area contributed by atoms with E-state index in [2.05, 4.69) is 10.3 Å². The van der Waals surface area contributed by atoms with Crippen LogP contribution in [0.5, 0.6) is 0 Å². The molecule has 0 aliphatic heterocycles. The van der Waals surface area contributed by atoms with Crippen molar-refractivity contribution >= 4 is 23.3 Å². The Bertz CT molecular complexity index is 579. The first-order valence-electron chi connectivity index (χ1n) is 6.31. The van der Waals surface area contributed by atoms with Gasteiger partial charge in [0.1, 0.15) is 0 Å². The van der Waals surface area contributed by atoms with Crippen LogP contribution >= 0.6 is 11.3 Å². The molecule has 104 valence electrons. The molecular formula is C15H16N2O2S. The lowest BCUT2D eigenvalue weighted by atomic mass is 10.2. The van der Waals surface area contributed by atoms with Crippen LogP contribution in [0.2, 0.25) is 0 Å². The number of nitrogens with zero attached hydrogens (tertiary/aromatic N) is 1. The van der Waals surface area contributed by atoms with Crippen LogP contribution in [0.1, 0.15) is 16.0 Å². The van der Waals surface area contributed by atoms with Gasteiger partial charge in [0.15, 0.2) is 0 Å². The summed E-state index contributed by atoms with van der Waals surface area (Å²) in [6.07, 6.45) is 7.55. The molecule has 0 radical (unpaired) electrons. The number of pyridine rings is 1. The van der Waals surface area contributed by atoms with E-state index in [0.29, 0.717) is 6.54 Å². The standard InChI is InChI=1S/C15H16N2O2S/c18-10-13-8-14(20-11-13)3-4-15(19)17-7-5-12-2-1-6-16-9-12/h1-4,6,8-9,11,18H,5,7,10H2,(H,17,19)/b4-3+. The molecule has 2 aromatic rings. The van der Waals surface area contributed by atoms with Crippen LogP contribution in [0.4, 0.5) is 0 Å². The summed E-state index contributed by atoms with van der Waals surface area (Å²) in [5.41, 5.74) is 1.97. The summed E-state index contributed by atoms with van der Waals surface area (Å²) in [4.78, 5) is 16.6. The number of aliphatic hydroxyl groups is 1. The zero-order chi connectivity index (χ0) is 14.2. The molecule has 2 heterocycles. The summed E-state index contributed by atoms with van der Waals surface area (Å²) in [5, 5.41) is 13.6. The van der Waals surface area contributed by atoms with Crippen LogP contribution in [0.15, 0.2) is 42.0 Å². The van der Waals surface area contributed by atoms with Gasteiger partial charge in [-0.25, -0.2) is 0 Å². The third-order valence-corrected chi connectivity index (χ3v) is 3.64. The molecule has 5 heteroatoms. The number of rotatable bonds is 6. The summed E-state index contributed by atoms with van der Waals surface area (Å²) >= 11 is 1.50. The maximum atomic E-state index is 11.6. The average molecular weight is 288 g/mol. The molecule has 1 amide bonds. The molecule has 0 aromatic carbocycles. The Balaban J connectivity index is 1.75. The number of hydrogen-bond acceptors (Lipinski definition) is 4. The van der Waals surface area contributed by atoms with Crippen LogP contribution in [-0.2, 0) is 17.8 Å². The van der Waals surface area contributed by atoms with Crippen molar-refractivity contribution in [1.82, 2.24) is 10.3 Å². The van der Waals surface area contributed by atoms with E-state index < -0.39 is 0 Å². The number of carbonyl (C=O) groups excluding carboxylic acids is 1. The number of nitrogens with one attached hydrogen (secondary N) is 1. The fourth-order valence-corrected chi connectivity index (χ4v) is 2.45. The number of aliphatic hydroxyl groups excluding tert-OH is 1. The van der Waals surface area contributed by atoms with Gasteiger partial charge in [0.2, 0.25) is 5.91 Å². The van der Waals surface area contributed by atoms with Gasteiger partial charge >= 0.3 is 0 Å². The second kappa shape index (κ2) is 7.57. The van der Waals surface area contributed by atoms with Crippen molar-refractivity contribution in [2.24, 2.45) is 0 Å². The van der Waals surface area contributed by atoms with Crippen LogP contribution in [0.3, 0.4) is 0 Å². The molecule has 4 nitrogen and oxygen atoms in total. The smallest absolute Gasteiger partial charge is 0.244 e. The summed E-state index contributed by atoms with van der Waals surface area (Å²) in [6, 6.07) is 5.73. The van der Waals surface area contributed by atoms with Gasteiger partial charge in [-0.2, -0.15) is 0 Å². The molecule has 0 fully saturated rings. The Labute approximate surface area is 121 Å². The highest BCUT2D eigenvalue weighted by Gasteiger charge is 1.98. The second-order valence-electron chi connectivity index (χ2n) is 4.25. The molecular weight excluding hydrogens is 272 g/mol. The van der Waals surface area contributed by atoms with Crippen LogP contribution in [-0.4, -0.2) is 22.5 Å². The number of hydrogen-bond donors (Lipinski definition) is 2. The van der Waals surface area contributed by atoms with Crippen LogP contribution in [0.25, 0.3) is 6.08 Å². The Morgan fingerprint density at radius 3 is 3.05 bits per heavy atom. The van der Waals surface area contributed by atoms with E-state index in [1.165, 1.54) is 17.4 Å². The Morgan fingerprint density at radius 1 is 1.45 bits per heavy atom. The molecule has 2 rings (SSSR count).